The summed E-state index contributed by atoms with van der Waals surface area (Å²) in [6.07, 6.45) is 6.20. The molecule has 1 N–H and O–H groups in total. The van der Waals surface area contributed by atoms with Crippen molar-refractivity contribution in [2.45, 2.75) is 6.54 Å². The molecule has 0 atom stereocenters. The maximum absolute atomic E-state index is 12.0. The number of aromatic nitrogens is 2. The Kier molecular flexibility index (Phi) is 4.59. The van der Waals surface area contributed by atoms with Crippen LogP contribution in [0.3, 0.4) is 0 Å². The number of nitrogens with zero attached hydrogens (tertiary/aromatic N) is 2. The highest BCUT2D eigenvalue weighted by molar-refractivity contribution is 6.30. The van der Waals surface area contributed by atoms with Gasteiger partial charge in [0.05, 0.1) is 19.0 Å². The number of hydrogen-bond donors (Lipinski definition) is 1. The van der Waals surface area contributed by atoms with Gasteiger partial charge in [0.1, 0.15) is 11.6 Å². The second kappa shape index (κ2) is 6.98. The highest BCUT2D eigenvalue weighted by Gasteiger charge is 2.06. The Labute approximate surface area is 138 Å². The van der Waals surface area contributed by atoms with Crippen LogP contribution >= 0.6 is 11.6 Å². The maximum Gasteiger partial charge on any atom is 0.249 e. The van der Waals surface area contributed by atoms with Crippen LogP contribution in [0, 0.1) is 0 Å². The first-order valence-corrected chi connectivity index (χ1v) is 7.37. The number of benzene rings is 1. The molecule has 0 aliphatic heterocycles. The van der Waals surface area contributed by atoms with Crippen LogP contribution in [-0.2, 0) is 11.3 Å². The third-order valence-corrected chi connectivity index (χ3v) is 3.37. The molecule has 3 rings (SSSR count). The van der Waals surface area contributed by atoms with E-state index in [9.17, 15) is 4.79 Å². The van der Waals surface area contributed by atoms with Gasteiger partial charge in [0.2, 0.25) is 5.91 Å². The molecule has 0 saturated carbocycles. The van der Waals surface area contributed by atoms with Crippen LogP contribution in [0.4, 0.5) is 5.82 Å². The molecule has 0 aliphatic rings. The van der Waals surface area contributed by atoms with E-state index in [1.54, 1.807) is 41.4 Å². The standard InChI is InChI=1S/C17H14ClN3O2/c18-14-4-1-3-13(11-14)12-21-16(8-9-19-21)20-17(22)7-6-15-5-2-10-23-15/h1-11H,12H2,(H,20,22)/b7-6+. The van der Waals surface area contributed by atoms with Gasteiger partial charge in [0.15, 0.2) is 0 Å². The van der Waals surface area contributed by atoms with Crippen LogP contribution in [-0.4, -0.2) is 15.7 Å². The Hall–Kier alpha value is -2.79. The molecule has 3 aromatic rings. The van der Waals surface area contributed by atoms with Crippen LogP contribution in [0.5, 0.6) is 0 Å². The quantitative estimate of drug-likeness (QED) is 0.724. The molecule has 0 radical (unpaired) electrons. The third kappa shape index (κ3) is 4.11. The van der Waals surface area contributed by atoms with Crippen molar-refractivity contribution in [2.75, 3.05) is 5.32 Å². The molecule has 116 valence electrons. The van der Waals surface area contributed by atoms with E-state index in [0.29, 0.717) is 23.1 Å². The van der Waals surface area contributed by atoms with Gasteiger partial charge in [-0.1, -0.05) is 23.7 Å². The predicted molar refractivity (Wildman–Crippen MR) is 89.2 cm³/mol. The Morgan fingerprint density at radius 1 is 1.30 bits per heavy atom. The van der Waals surface area contributed by atoms with Crippen LogP contribution in [0.25, 0.3) is 6.08 Å². The summed E-state index contributed by atoms with van der Waals surface area (Å²) in [5.41, 5.74) is 1.00. The summed E-state index contributed by atoms with van der Waals surface area (Å²) >= 11 is 5.98. The van der Waals surface area contributed by atoms with Gasteiger partial charge in [-0.05, 0) is 35.9 Å². The zero-order valence-electron chi connectivity index (χ0n) is 12.1. The topological polar surface area (TPSA) is 60.1 Å². The second-order valence-corrected chi connectivity index (χ2v) is 5.28. The molecular formula is C17H14ClN3O2. The first kappa shape index (κ1) is 15.1. The molecule has 1 aromatic carbocycles. The Morgan fingerprint density at radius 2 is 2.22 bits per heavy atom. The van der Waals surface area contributed by atoms with E-state index in [2.05, 4.69) is 10.4 Å². The monoisotopic (exact) mass is 327 g/mol. The van der Waals surface area contributed by atoms with Gasteiger partial charge in [-0.2, -0.15) is 5.10 Å². The Bertz CT molecular complexity index is 822. The normalized spacial score (nSPS) is 11.0. The van der Waals surface area contributed by atoms with Crippen LogP contribution in [0.1, 0.15) is 11.3 Å². The molecule has 5 nitrogen and oxygen atoms in total. The summed E-state index contributed by atoms with van der Waals surface area (Å²) in [4.78, 5) is 12.0. The second-order valence-electron chi connectivity index (χ2n) is 4.84. The number of carbonyl (C=O) groups excluding carboxylic acids is 1. The molecule has 1 amide bonds. The fourth-order valence-electron chi connectivity index (χ4n) is 2.08. The Balaban J connectivity index is 1.67. The SMILES string of the molecule is O=C(/C=C/c1ccco1)Nc1ccnn1Cc1cccc(Cl)c1. The van der Waals surface area contributed by atoms with Crippen LogP contribution in [0.2, 0.25) is 5.02 Å². The molecule has 0 fully saturated rings. The summed E-state index contributed by atoms with van der Waals surface area (Å²) < 4.78 is 6.83. The van der Waals surface area contributed by atoms with Gasteiger partial charge in [-0.3, -0.25) is 4.79 Å². The van der Waals surface area contributed by atoms with Gasteiger partial charge < -0.3 is 9.73 Å². The van der Waals surface area contributed by atoms with E-state index in [0.717, 1.165) is 5.56 Å². The largest absolute Gasteiger partial charge is 0.465 e. The number of halogens is 1. The minimum atomic E-state index is -0.255. The lowest BCUT2D eigenvalue weighted by molar-refractivity contribution is -0.111. The number of rotatable bonds is 5. The first-order valence-electron chi connectivity index (χ1n) is 6.99. The lowest BCUT2D eigenvalue weighted by Crippen LogP contribution is -2.13. The molecule has 0 saturated heterocycles. The predicted octanol–water partition coefficient (Wildman–Crippen LogP) is 3.83. The fourth-order valence-corrected chi connectivity index (χ4v) is 2.30. The smallest absolute Gasteiger partial charge is 0.249 e. The lowest BCUT2D eigenvalue weighted by Gasteiger charge is -2.08. The van der Waals surface area contributed by atoms with Crippen molar-refractivity contribution >= 4 is 29.4 Å². The van der Waals surface area contributed by atoms with Gasteiger partial charge in [-0.25, -0.2) is 4.68 Å². The minimum absolute atomic E-state index is 0.255. The molecule has 0 bridgehead atoms. The van der Waals surface area contributed by atoms with Crippen molar-refractivity contribution in [3.63, 3.8) is 0 Å². The summed E-state index contributed by atoms with van der Waals surface area (Å²) in [6, 6.07) is 12.8. The van der Waals surface area contributed by atoms with Gasteiger partial charge in [-0.15, -0.1) is 0 Å². The van der Waals surface area contributed by atoms with Crippen molar-refractivity contribution in [3.05, 3.63) is 77.3 Å². The fraction of sp³-hybridized carbons (Fsp3) is 0.0588. The highest BCUT2D eigenvalue weighted by Crippen LogP contribution is 2.14. The lowest BCUT2D eigenvalue weighted by atomic mass is 10.2. The number of carbonyl (C=O) groups is 1. The van der Waals surface area contributed by atoms with Crippen LogP contribution < -0.4 is 5.32 Å². The third-order valence-electron chi connectivity index (χ3n) is 3.13. The van der Waals surface area contributed by atoms with Crippen LogP contribution in [0.15, 0.2) is 65.4 Å². The maximum atomic E-state index is 12.0. The zero-order valence-corrected chi connectivity index (χ0v) is 12.9. The number of hydrogen-bond acceptors (Lipinski definition) is 3. The molecule has 0 aliphatic carbocycles. The average molecular weight is 328 g/mol. The number of nitrogens with one attached hydrogen (secondary N) is 1. The van der Waals surface area contributed by atoms with Gasteiger partial charge >= 0.3 is 0 Å². The van der Waals surface area contributed by atoms with E-state index in [1.807, 2.05) is 24.3 Å². The van der Waals surface area contributed by atoms with Crippen molar-refractivity contribution in [2.24, 2.45) is 0 Å². The Morgan fingerprint density at radius 3 is 3.00 bits per heavy atom. The molecule has 23 heavy (non-hydrogen) atoms. The van der Waals surface area contributed by atoms with Crippen molar-refractivity contribution < 1.29 is 9.21 Å². The molecule has 0 spiro atoms. The summed E-state index contributed by atoms with van der Waals surface area (Å²) in [7, 11) is 0. The summed E-state index contributed by atoms with van der Waals surface area (Å²) in [5.74, 6) is 0.973. The van der Waals surface area contributed by atoms with E-state index in [1.165, 1.54) is 6.08 Å². The summed E-state index contributed by atoms with van der Waals surface area (Å²) in [5, 5.41) is 7.68. The molecular weight excluding hydrogens is 314 g/mol. The minimum Gasteiger partial charge on any atom is -0.465 e. The van der Waals surface area contributed by atoms with Crippen molar-refractivity contribution in [3.8, 4) is 0 Å². The van der Waals surface area contributed by atoms with E-state index >= 15 is 0 Å². The number of furan rings is 1. The zero-order chi connectivity index (χ0) is 16.1. The van der Waals surface area contributed by atoms with Gasteiger partial charge in [0.25, 0.3) is 0 Å². The first-order chi connectivity index (χ1) is 11.2. The van der Waals surface area contributed by atoms with Crippen molar-refractivity contribution in [1.29, 1.82) is 0 Å². The average Bonchev–Trinajstić information content (AvgIpc) is 3.18. The molecule has 2 heterocycles. The number of amides is 1. The summed E-state index contributed by atoms with van der Waals surface area (Å²) in [6.45, 7) is 0.519. The van der Waals surface area contributed by atoms with Crippen molar-refractivity contribution in [1.82, 2.24) is 9.78 Å². The highest BCUT2D eigenvalue weighted by atomic mass is 35.5. The van der Waals surface area contributed by atoms with E-state index in [-0.39, 0.29) is 5.91 Å². The van der Waals surface area contributed by atoms with E-state index < -0.39 is 0 Å². The van der Waals surface area contributed by atoms with E-state index in [4.69, 9.17) is 16.0 Å². The molecule has 0 unspecified atom stereocenters. The molecule has 6 heteroatoms. The van der Waals surface area contributed by atoms with Gasteiger partial charge in [0, 0.05) is 17.2 Å². The molecule has 2 aromatic heterocycles. The number of anilines is 1.